The number of hydrogen-bond acceptors (Lipinski definition) is 12. The van der Waals surface area contributed by atoms with Gasteiger partial charge in [-0.3, -0.25) is 24.4 Å². The largest absolute Gasteiger partial charge is 0.464 e. The minimum Gasteiger partial charge on any atom is -0.464 e. The van der Waals surface area contributed by atoms with E-state index in [1.165, 1.54) is 6.20 Å². The Morgan fingerprint density at radius 1 is 1.10 bits per heavy atom. The number of likely N-dealkylation sites (tertiary alicyclic amines) is 1. The van der Waals surface area contributed by atoms with Gasteiger partial charge in [-0.15, -0.1) is 0 Å². The first kappa shape index (κ1) is 41.1. The number of ether oxygens (including phenoxy) is 2. The van der Waals surface area contributed by atoms with Gasteiger partial charge in [0.05, 0.1) is 60.4 Å². The number of nitrogens with one attached hydrogen (secondary N) is 2. The molecule has 61 heavy (non-hydrogen) atoms. The Morgan fingerprint density at radius 3 is 2.64 bits per heavy atom. The lowest BCUT2D eigenvalue weighted by Gasteiger charge is -2.37. The van der Waals surface area contributed by atoms with Crippen molar-refractivity contribution in [1.82, 2.24) is 30.0 Å². The summed E-state index contributed by atoms with van der Waals surface area (Å²) in [5, 5.41) is 10.2. The summed E-state index contributed by atoms with van der Waals surface area (Å²) in [6.45, 7) is 6.32. The Balaban J connectivity index is 0.736. The molecular weight excluding hydrogens is 789 g/mol. The number of halogens is 2. The molecule has 4 atom stereocenters. The summed E-state index contributed by atoms with van der Waals surface area (Å²) in [6.07, 6.45) is 11.1. The van der Waals surface area contributed by atoms with Crippen LogP contribution in [0.4, 0.5) is 20.3 Å². The molecule has 4 N–H and O–H groups in total. The quantitative estimate of drug-likeness (QED) is 0.112. The van der Waals surface area contributed by atoms with Gasteiger partial charge >= 0.3 is 0 Å². The van der Waals surface area contributed by atoms with Crippen LogP contribution in [-0.2, 0) is 30.3 Å². The van der Waals surface area contributed by atoms with Crippen molar-refractivity contribution in [2.24, 2.45) is 11.7 Å². The minimum atomic E-state index is -2.88. The van der Waals surface area contributed by atoms with Crippen molar-refractivity contribution in [1.29, 1.82) is 0 Å². The van der Waals surface area contributed by atoms with Gasteiger partial charge in [-0.2, -0.15) is 5.10 Å². The molecule has 5 fully saturated rings. The second-order valence-corrected chi connectivity index (χ2v) is 17.3. The van der Waals surface area contributed by atoms with Crippen molar-refractivity contribution in [3.05, 3.63) is 71.8 Å². The second kappa shape index (κ2) is 17.6. The normalized spacial score (nSPS) is 25.7. The van der Waals surface area contributed by atoms with Crippen molar-refractivity contribution in [2.45, 2.75) is 114 Å². The van der Waals surface area contributed by atoms with Gasteiger partial charge in [0, 0.05) is 62.1 Å². The number of rotatable bonds is 13. The number of hydrogen-bond donors (Lipinski definition) is 3. The number of benzene rings is 1. The van der Waals surface area contributed by atoms with Crippen molar-refractivity contribution in [2.75, 3.05) is 43.0 Å². The molecule has 324 valence electrons. The molecule has 3 amide bonds. The number of carbonyl (C=O) groups is 3. The maximum atomic E-state index is 14.3. The van der Waals surface area contributed by atoms with E-state index in [9.17, 15) is 23.2 Å². The second-order valence-electron chi connectivity index (χ2n) is 17.3. The van der Waals surface area contributed by atoms with Crippen LogP contribution in [0.5, 0.6) is 0 Å². The first-order valence-corrected chi connectivity index (χ1v) is 21.6. The maximum absolute atomic E-state index is 14.3. The lowest BCUT2D eigenvalue weighted by Crippen LogP contribution is -2.41. The number of aromatic nitrogens is 4. The van der Waals surface area contributed by atoms with Gasteiger partial charge in [-0.05, 0) is 94.4 Å². The number of morpholine rings is 1. The molecule has 4 saturated heterocycles. The van der Waals surface area contributed by atoms with Gasteiger partial charge in [-0.1, -0.05) is 6.07 Å². The molecule has 0 spiro atoms. The number of piperidine rings is 2. The first-order chi connectivity index (χ1) is 29.6. The number of amides is 3. The van der Waals surface area contributed by atoms with Crippen LogP contribution in [0.2, 0.25) is 0 Å². The fourth-order valence-electron chi connectivity index (χ4n) is 9.99. The molecule has 4 aromatic rings. The molecule has 1 saturated carbocycles. The van der Waals surface area contributed by atoms with Crippen molar-refractivity contribution >= 4 is 45.8 Å². The van der Waals surface area contributed by atoms with E-state index in [0.29, 0.717) is 37.7 Å². The molecule has 1 aromatic carbocycles. The van der Waals surface area contributed by atoms with Crippen LogP contribution in [0.25, 0.3) is 16.5 Å². The van der Waals surface area contributed by atoms with Crippen molar-refractivity contribution in [3.63, 3.8) is 0 Å². The number of furan rings is 1. The van der Waals surface area contributed by atoms with Crippen LogP contribution in [0.1, 0.15) is 106 Å². The number of nitrogens with two attached hydrogens (primary N) is 1. The van der Waals surface area contributed by atoms with E-state index in [-0.39, 0.29) is 59.3 Å². The Labute approximate surface area is 352 Å². The van der Waals surface area contributed by atoms with E-state index in [2.05, 4.69) is 48.5 Å². The van der Waals surface area contributed by atoms with E-state index >= 15 is 0 Å². The van der Waals surface area contributed by atoms with E-state index in [0.717, 1.165) is 99.3 Å². The minimum absolute atomic E-state index is 0.00755. The zero-order chi connectivity index (χ0) is 42.2. The lowest BCUT2D eigenvalue weighted by atomic mass is 9.85. The Kier molecular flexibility index (Phi) is 11.9. The Morgan fingerprint density at radius 2 is 1.92 bits per heavy atom. The molecule has 2 bridgehead atoms. The molecule has 17 heteroatoms. The van der Waals surface area contributed by atoms with Crippen molar-refractivity contribution < 1.29 is 37.1 Å². The van der Waals surface area contributed by atoms with E-state index in [4.69, 9.17) is 19.6 Å². The third-order valence-corrected chi connectivity index (χ3v) is 13.2. The van der Waals surface area contributed by atoms with Gasteiger partial charge in [0.25, 0.3) is 12.3 Å². The SMILES string of the molecule is CC(Cc1ccc2occ(C3CCC(=O)NC3=O)c2c1)OC1CCN(CC2CCC(n3cc(NC(=O)C(=CN)c4nccc(N5C[C@H]6C[C@@H]5CO6)n4)c(C(F)F)n3)CC2)CC1. The van der Waals surface area contributed by atoms with Crippen LogP contribution in [0.3, 0.4) is 0 Å². The van der Waals surface area contributed by atoms with Crippen LogP contribution in [0.15, 0.2) is 53.5 Å². The maximum Gasteiger partial charge on any atom is 0.284 e. The summed E-state index contributed by atoms with van der Waals surface area (Å²) in [6, 6.07) is 8.00. The standard InChI is InChI=1S/C44H53F2N9O6/c1-25(16-27-4-8-37-33(17-27)35(24-60-37)32-7-9-39(56)51-43(32)57)61-30-11-14-53(15-12-30)20-26-2-5-28(6-3-26)55-22-36(40(52-55)41(45)46)49-44(58)34(19-47)42-48-13-10-38(50-42)54-21-31-18-29(54)23-59-31/h4,8,10,13,17,19,22,24-26,28-32,41H,2-3,5-7,9,11-12,14-16,18,20-21,23,47H2,1H3,(H,49,58)(H,51,56,57)/t25?,26?,28?,29-,31-,32?/m1/s1. The summed E-state index contributed by atoms with van der Waals surface area (Å²) in [7, 11) is 0. The highest BCUT2D eigenvalue weighted by molar-refractivity contribution is 6.24. The summed E-state index contributed by atoms with van der Waals surface area (Å²) >= 11 is 0. The van der Waals surface area contributed by atoms with Gasteiger partial charge in [0.15, 0.2) is 11.5 Å². The highest BCUT2D eigenvalue weighted by Gasteiger charge is 2.40. The number of alkyl halides is 2. The monoisotopic (exact) mass is 841 g/mol. The fourth-order valence-corrected chi connectivity index (χ4v) is 9.99. The molecule has 7 heterocycles. The van der Waals surface area contributed by atoms with Gasteiger partial charge < -0.3 is 34.7 Å². The third-order valence-electron chi connectivity index (χ3n) is 13.2. The average molecular weight is 842 g/mol. The topological polar surface area (TPSA) is 183 Å². The predicted octanol–water partition coefficient (Wildman–Crippen LogP) is 5.64. The molecule has 15 nitrogen and oxygen atoms in total. The van der Waals surface area contributed by atoms with Crippen LogP contribution in [0, 0.1) is 5.92 Å². The van der Waals surface area contributed by atoms with E-state index in [1.807, 2.05) is 12.1 Å². The van der Waals surface area contributed by atoms with Gasteiger partial charge in [0.1, 0.15) is 11.4 Å². The molecular formula is C44H53F2N9O6. The molecule has 2 unspecified atom stereocenters. The fraction of sp³-hybridized carbons (Fsp3) is 0.545. The summed E-state index contributed by atoms with van der Waals surface area (Å²) in [5.41, 5.74) is 7.98. The number of carbonyl (C=O) groups excluding carboxylic acids is 3. The average Bonchev–Trinajstić information content (AvgIpc) is 4.07. The Bertz CT molecular complexity index is 2280. The number of imide groups is 1. The molecule has 0 radical (unpaired) electrons. The molecule has 1 aliphatic carbocycles. The van der Waals surface area contributed by atoms with Crippen LogP contribution in [-0.4, -0.2) is 99.5 Å². The summed E-state index contributed by atoms with van der Waals surface area (Å²) in [5.74, 6) is -0.325. The lowest BCUT2D eigenvalue weighted by molar-refractivity contribution is -0.134. The highest BCUT2D eigenvalue weighted by Crippen LogP contribution is 2.37. The van der Waals surface area contributed by atoms with Crippen LogP contribution < -0.4 is 21.3 Å². The third kappa shape index (κ3) is 8.91. The van der Waals surface area contributed by atoms with Gasteiger partial charge in [0.2, 0.25) is 11.8 Å². The summed E-state index contributed by atoms with van der Waals surface area (Å²) in [4.78, 5) is 51.2. The zero-order valence-electron chi connectivity index (χ0n) is 34.3. The van der Waals surface area contributed by atoms with E-state index < -0.39 is 23.9 Å². The molecule has 4 aliphatic heterocycles. The first-order valence-electron chi connectivity index (χ1n) is 21.6. The highest BCUT2D eigenvalue weighted by atomic mass is 19.3. The van der Waals surface area contributed by atoms with Crippen LogP contribution >= 0.6 is 0 Å². The Hall–Kier alpha value is -5.26. The van der Waals surface area contributed by atoms with E-state index in [1.54, 1.807) is 23.2 Å². The smallest absolute Gasteiger partial charge is 0.284 e. The number of anilines is 2. The molecule has 9 rings (SSSR count). The summed E-state index contributed by atoms with van der Waals surface area (Å²) < 4.78 is 48.1. The molecule has 5 aliphatic rings. The predicted molar refractivity (Wildman–Crippen MR) is 222 cm³/mol. The molecule has 3 aromatic heterocycles. The van der Waals surface area contributed by atoms with Gasteiger partial charge in [-0.25, -0.2) is 18.7 Å². The number of nitrogens with zero attached hydrogens (tertiary/aromatic N) is 6. The van der Waals surface area contributed by atoms with Crippen molar-refractivity contribution in [3.8, 4) is 0 Å². The number of fused-ring (bicyclic) bond motifs is 3. The zero-order valence-corrected chi connectivity index (χ0v) is 34.3.